The zero-order chi connectivity index (χ0) is 10.1. The van der Waals surface area contributed by atoms with Crippen molar-refractivity contribution in [2.75, 3.05) is 5.73 Å². The van der Waals surface area contributed by atoms with E-state index in [4.69, 9.17) is 22.6 Å². The van der Waals surface area contributed by atoms with Crippen LogP contribution in [0.2, 0.25) is 5.02 Å². The Labute approximate surface area is 86.1 Å². The van der Waals surface area contributed by atoms with Crippen LogP contribution in [-0.2, 0) is 6.42 Å². The number of aromatic nitrogens is 1. The first kappa shape index (κ1) is 8.92. The number of nitrogens with one attached hydrogen (secondary N) is 1. The highest BCUT2D eigenvalue weighted by Gasteiger charge is 2.05. The lowest BCUT2D eigenvalue weighted by Gasteiger charge is -1.98. The monoisotopic (exact) mass is 205 g/mol. The highest BCUT2D eigenvalue weighted by atomic mass is 35.5. The van der Waals surface area contributed by atoms with Crippen molar-refractivity contribution in [3.63, 3.8) is 0 Å². The number of nitrogens with two attached hydrogens (primary N) is 1. The average Bonchev–Trinajstić information content (AvgIpc) is 2.51. The maximum absolute atomic E-state index is 8.60. The van der Waals surface area contributed by atoms with E-state index in [-0.39, 0.29) is 0 Å². The molecule has 4 heteroatoms. The maximum Gasteiger partial charge on any atom is 0.0670 e. The fourth-order valence-electron chi connectivity index (χ4n) is 1.45. The molecule has 0 bridgehead atoms. The number of anilines is 1. The number of fused-ring (bicyclic) bond motifs is 1. The minimum absolute atomic E-state index is 0.376. The molecule has 2 rings (SSSR count). The summed E-state index contributed by atoms with van der Waals surface area (Å²) in [6.07, 6.45) is 2.19. The van der Waals surface area contributed by atoms with Gasteiger partial charge in [-0.3, -0.25) is 0 Å². The lowest BCUT2D eigenvalue weighted by atomic mass is 10.1. The van der Waals surface area contributed by atoms with Gasteiger partial charge in [-0.15, -0.1) is 0 Å². The molecule has 70 valence electrons. The Morgan fingerprint density at radius 2 is 2.29 bits per heavy atom. The first-order chi connectivity index (χ1) is 6.72. The lowest BCUT2D eigenvalue weighted by molar-refractivity contribution is 1.28. The molecule has 1 aromatic carbocycles. The van der Waals surface area contributed by atoms with E-state index in [0.717, 1.165) is 16.5 Å². The van der Waals surface area contributed by atoms with Gasteiger partial charge in [0, 0.05) is 17.1 Å². The number of H-pyrrole nitrogens is 1. The molecule has 14 heavy (non-hydrogen) atoms. The minimum Gasteiger partial charge on any atom is -0.398 e. The van der Waals surface area contributed by atoms with Gasteiger partial charge in [0.15, 0.2) is 0 Å². The predicted molar refractivity (Wildman–Crippen MR) is 57.0 cm³/mol. The highest BCUT2D eigenvalue weighted by Crippen LogP contribution is 2.27. The summed E-state index contributed by atoms with van der Waals surface area (Å²) in [6.45, 7) is 0. The van der Waals surface area contributed by atoms with Crippen molar-refractivity contribution in [3.05, 3.63) is 28.9 Å². The Hall–Kier alpha value is -1.66. The molecule has 1 aromatic heterocycles. The molecule has 0 amide bonds. The first-order valence-corrected chi connectivity index (χ1v) is 4.52. The van der Waals surface area contributed by atoms with Gasteiger partial charge in [-0.2, -0.15) is 5.26 Å². The topological polar surface area (TPSA) is 65.6 Å². The smallest absolute Gasteiger partial charge is 0.0670 e. The van der Waals surface area contributed by atoms with Crippen LogP contribution in [0.25, 0.3) is 10.9 Å². The van der Waals surface area contributed by atoms with Gasteiger partial charge in [-0.1, -0.05) is 11.6 Å². The summed E-state index contributed by atoms with van der Waals surface area (Å²) in [6, 6.07) is 5.67. The van der Waals surface area contributed by atoms with Crippen LogP contribution in [0.4, 0.5) is 5.69 Å². The molecule has 0 atom stereocenters. The lowest BCUT2D eigenvalue weighted by Crippen LogP contribution is -1.86. The van der Waals surface area contributed by atoms with E-state index in [0.29, 0.717) is 17.1 Å². The van der Waals surface area contributed by atoms with Gasteiger partial charge in [0.25, 0.3) is 0 Å². The van der Waals surface area contributed by atoms with Gasteiger partial charge in [0.1, 0.15) is 0 Å². The van der Waals surface area contributed by atoms with Crippen LogP contribution in [0.1, 0.15) is 5.56 Å². The number of halogens is 1. The summed E-state index contributed by atoms with van der Waals surface area (Å²) < 4.78 is 0. The van der Waals surface area contributed by atoms with Crippen LogP contribution in [0.5, 0.6) is 0 Å². The maximum atomic E-state index is 8.60. The van der Waals surface area contributed by atoms with Crippen LogP contribution in [0.3, 0.4) is 0 Å². The van der Waals surface area contributed by atoms with Gasteiger partial charge in [0.2, 0.25) is 0 Å². The third kappa shape index (κ3) is 1.30. The summed E-state index contributed by atoms with van der Waals surface area (Å²) in [7, 11) is 0. The van der Waals surface area contributed by atoms with E-state index in [1.165, 1.54) is 0 Å². The summed E-state index contributed by atoms with van der Waals surface area (Å²) in [5.74, 6) is 0. The van der Waals surface area contributed by atoms with Crippen molar-refractivity contribution in [2.24, 2.45) is 0 Å². The van der Waals surface area contributed by atoms with E-state index in [1.54, 1.807) is 12.1 Å². The zero-order valence-corrected chi connectivity index (χ0v) is 8.10. The molecule has 0 saturated carbocycles. The van der Waals surface area contributed by atoms with E-state index in [2.05, 4.69) is 11.1 Å². The second kappa shape index (κ2) is 3.24. The van der Waals surface area contributed by atoms with Gasteiger partial charge in [0.05, 0.1) is 23.2 Å². The standard InChI is InChI=1S/C10H8ClN3/c11-8-4-10-7(3-9(8)13)6(1-2-12)5-14-10/h3-5,14H,1,13H2. The average molecular weight is 206 g/mol. The van der Waals surface area contributed by atoms with Crippen molar-refractivity contribution < 1.29 is 0 Å². The number of nitrogen functional groups attached to an aromatic ring is 1. The highest BCUT2D eigenvalue weighted by molar-refractivity contribution is 6.33. The molecule has 0 radical (unpaired) electrons. The Balaban J connectivity index is 2.69. The van der Waals surface area contributed by atoms with Crippen molar-refractivity contribution in [2.45, 2.75) is 6.42 Å². The van der Waals surface area contributed by atoms with Gasteiger partial charge >= 0.3 is 0 Å². The van der Waals surface area contributed by atoms with E-state index < -0.39 is 0 Å². The molecule has 0 unspecified atom stereocenters. The fourth-order valence-corrected chi connectivity index (χ4v) is 1.61. The van der Waals surface area contributed by atoms with Crippen LogP contribution < -0.4 is 5.73 Å². The van der Waals surface area contributed by atoms with Crippen molar-refractivity contribution >= 4 is 28.2 Å². The van der Waals surface area contributed by atoms with Crippen molar-refractivity contribution in [1.29, 1.82) is 5.26 Å². The number of hydrogen-bond donors (Lipinski definition) is 2. The van der Waals surface area contributed by atoms with Crippen molar-refractivity contribution in [3.8, 4) is 6.07 Å². The summed E-state index contributed by atoms with van der Waals surface area (Å²) in [5, 5.41) is 10.1. The van der Waals surface area contributed by atoms with Crippen LogP contribution >= 0.6 is 11.6 Å². The van der Waals surface area contributed by atoms with Gasteiger partial charge in [-0.25, -0.2) is 0 Å². The zero-order valence-electron chi connectivity index (χ0n) is 7.34. The molecule has 3 N–H and O–H groups in total. The molecular weight excluding hydrogens is 198 g/mol. The van der Waals surface area contributed by atoms with Gasteiger partial charge < -0.3 is 10.7 Å². The molecule has 0 fully saturated rings. The molecular formula is C10H8ClN3. The quantitative estimate of drug-likeness (QED) is 0.703. The third-order valence-electron chi connectivity index (χ3n) is 2.15. The summed E-state index contributed by atoms with van der Waals surface area (Å²) >= 11 is 5.86. The van der Waals surface area contributed by atoms with E-state index in [9.17, 15) is 0 Å². The normalized spacial score (nSPS) is 10.3. The minimum atomic E-state index is 0.376. The summed E-state index contributed by atoms with van der Waals surface area (Å²) in [5.41, 5.74) is 8.08. The van der Waals surface area contributed by atoms with Crippen LogP contribution in [0.15, 0.2) is 18.3 Å². The molecule has 0 aliphatic heterocycles. The number of rotatable bonds is 1. The molecule has 3 nitrogen and oxygen atoms in total. The number of nitriles is 1. The molecule has 0 aliphatic carbocycles. The Kier molecular flexibility index (Phi) is 2.06. The molecule has 1 heterocycles. The van der Waals surface area contributed by atoms with Crippen LogP contribution in [0, 0.1) is 11.3 Å². The number of nitrogens with zero attached hydrogens (tertiary/aromatic N) is 1. The molecule has 0 spiro atoms. The largest absolute Gasteiger partial charge is 0.398 e. The molecule has 0 aliphatic rings. The fraction of sp³-hybridized carbons (Fsp3) is 0.100. The van der Waals surface area contributed by atoms with Gasteiger partial charge in [-0.05, 0) is 17.7 Å². The first-order valence-electron chi connectivity index (χ1n) is 4.14. The molecule has 0 saturated heterocycles. The second-order valence-corrected chi connectivity index (χ2v) is 3.48. The Morgan fingerprint density at radius 1 is 1.50 bits per heavy atom. The SMILES string of the molecule is N#CCc1c[nH]c2cc(Cl)c(N)cc12. The Bertz CT molecular complexity index is 522. The van der Waals surface area contributed by atoms with E-state index in [1.807, 2.05) is 6.20 Å². The second-order valence-electron chi connectivity index (χ2n) is 3.07. The molecule has 2 aromatic rings. The van der Waals surface area contributed by atoms with E-state index >= 15 is 0 Å². The number of aromatic amines is 1. The number of benzene rings is 1. The van der Waals surface area contributed by atoms with Crippen molar-refractivity contribution in [1.82, 2.24) is 4.98 Å². The predicted octanol–water partition coefficient (Wildman–Crippen LogP) is 2.47. The summed E-state index contributed by atoms with van der Waals surface area (Å²) in [4.78, 5) is 3.05. The number of hydrogen-bond acceptors (Lipinski definition) is 2. The Morgan fingerprint density at radius 3 is 3.00 bits per heavy atom. The third-order valence-corrected chi connectivity index (χ3v) is 2.48. The van der Waals surface area contributed by atoms with Crippen LogP contribution in [-0.4, -0.2) is 4.98 Å².